The second-order valence-corrected chi connectivity index (χ2v) is 2.01. The van der Waals surface area contributed by atoms with Crippen molar-refractivity contribution in [2.75, 3.05) is 13.2 Å². The molecule has 0 fully saturated rings. The van der Waals surface area contributed by atoms with Gasteiger partial charge in [-0.25, -0.2) is 4.79 Å². The smallest absolute Gasteiger partial charge is 0.341 e. The number of carbonyl (C=O) groups is 1. The summed E-state index contributed by atoms with van der Waals surface area (Å²) in [5.74, 6) is -0.256. The minimum atomic E-state index is -0.549. The Balaban J connectivity index is 2.74. The van der Waals surface area contributed by atoms with E-state index in [1.54, 1.807) is 0 Å². The number of aliphatic hydroxyl groups excluding tert-OH is 2. The fourth-order valence-corrected chi connectivity index (χ4v) is 0.733. The Labute approximate surface area is 63.4 Å². The van der Waals surface area contributed by atoms with Crippen LogP contribution in [-0.2, 0) is 9.53 Å². The molecule has 2 N–H and O–H groups in total. The molecule has 0 aromatic rings. The van der Waals surface area contributed by atoms with Gasteiger partial charge in [-0.05, 0) is 12.2 Å². The molecule has 1 rings (SSSR count). The first-order chi connectivity index (χ1) is 5.27. The van der Waals surface area contributed by atoms with Crippen LogP contribution in [0.3, 0.4) is 0 Å². The third-order valence-electron chi connectivity index (χ3n) is 1.25. The number of allylic oxidation sites excluding steroid dienone is 1. The van der Waals surface area contributed by atoms with Crippen LogP contribution in [0.5, 0.6) is 0 Å². The molecule has 4 nitrogen and oxygen atoms in total. The molecule has 0 saturated heterocycles. The Morgan fingerprint density at radius 2 is 2.27 bits per heavy atom. The Bertz CT molecular complexity index is 227. The summed E-state index contributed by atoms with van der Waals surface area (Å²) in [6, 6.07) is 0. The SMILES string of the molecule is O=C1OC(=CCO)C=C1CO. The van der Waals surface area contributed by atoms with Crippen LogP contribution in [0, 0.1) is 0 Å². The van der Waals surface area contributed by atoms with Crippen molar-refractivity contribution >= 4 is 5.97 Å². The van der Waals surface area contributed by atoms with Gasteiger partial charge in [0.2, 0.25) is 0 Å². The summed E-state index contributed by atoms with van der Waals surface area (Å²) in [7, 11) is 0. The molecule has 0 spiro atoms. The minimum absolute atomic E-state index is 0.183. The molecule has 0 bridgehead atoms. The van der Waals surface area contributed by atoms with E-state index in [4.69, 9.17) is 10.2 Å². The van der Waals surface area contributed by atoms with Crippen molar-refractivity contribution in [1.29, 1.82) is 0 Å². The number of ether oxygens (including phenoxy) is 1. The molecule has 60 valence electrons. The number of aliphatic hydroxyl groups is 2. The third kappa shape index (κ3) is 1.66. The van der Waals surface area contributed by atoms with Gasteiger partial charge in [0, 0.05) is 0 Å². The molecule has 1 aliphatic rings. The van der Waals surface area contributed by atoms with Gasteiger partial charge in [0.15, 0.2) is 0 Å². The predicted molar refractivity (Wildman–Crippen MR) is 36.4 cm³/mol. The van der Waals surface area contributed by atoms with E-state index >= 15 is 0 Å². The lowest BCUT2D eigenvalue weighted by molar-refractivity contribution is -0.133. The molecule has 0 radical (unpaired) electrons. The first kappa shape index (κ1) is 7.97. The first-order valence-corrected chi connectivity index (χ1v) is 3.12. The second kappa shape index (κ2) is 3.32. The zero-order valence-electron chi connectivity index (χ0n) is 5.78. The molecule has 0 amide bonds. The summed E-state index contributed by atoms with van der Waals surface area (Å²) in [4.78, 5) is 10.7. The number of carbonyl (C=O) groups excluding carboxylic acids is 1. The van der Waals surface area contributed by atoms with Gasteiger partial charge >= 0.3 is 5.97 Å². The highest BCUT2D eigenvalue weighted by Gasteiger charge is 2.19. The summed E-state index contributed by atoms with van der Waals surface area (Å²) >= 11 is 0. The van der Waals surface area contributed by atoms with Crippen LogP contribution >= 0.6 is 0 Å². The summed E-state index contributed by atoms with van der Waals surface area (Å²) in [5, 5.41) is 17.0. The molecule has 4 heteroatoms. The zero-order valence-corrected chi connectivity index (χ0v) is 5.78. The van der Waals surface area contributed by atoms with Gasteiger partial charge in [-0.1, -0.05) is 0 Å². The highest BCUT2D eigenvalue weighted by Crippen LogP contribution is 2.15. The normalized spacial score (nSPS) is 20.4. The fraction of sp³-hybridized carbons (Fsp3) is 0.286. The van der Waals surface area contributed by atoms with Crippen molar-refractivity contribution in [2.24, 2.45) is 0 Å². The van der Waals surface area contributed by atoms with Crippen molar-refractivity contribution in [3.8, 4) is 0 Å². The lowest BCUT2D eigenvalue weighted by atomic mass is 10.3. The van der Waals surface area contributed by atoms with E-state index in [1.165, 1.54) is 12.2 Å². The molecule has 0 aromatic heterocycles. The van der Waals surface area contributed by atoms with Gasteiger partial charge < -0.3 is 14.9 Å². The number of cyclic esters (lactones) is 1. The van der Waals surface area contributed by atoms with Gasteiger partial charge in [0.25, 0.3) is 0 Å². The minimum Gasteiger partial charge on any atom is -0.423 e. The Hall–Kier alpha value is -1.13. The standard InChI is InChI=1S/C7H8O4/c8-2-1-6-3-5(4-9)7(10)11-6/h1,3,8-9H,2,4H2. The molecular formula is C7H8O4. The maximum Gasteiger partial charge on any atom is 0.341 e. The highest BCUT2D eigenvalue weighted by molar-refractivity contribution is 5.92. The summed E-state index contributed by atoms with van der Waals surface area (Å²) in [6.45, 7) is -0.514. The molecule has 11 heavy (non-hydrogen) atoms. The Morgan fingerprint density at radius 1 is 1.55 bits per heavy atom. The second-order valence-electron chi connectivity index (χ2n) is 2.01. The van der Waals surface area contributed by atoms with Gasteiger partial charge in [-0.2, -0.15) is 0 Å². The van der Waals surface area contributed by atoms with Crippen molar-refractivity contribution in [1.82, 2.24) is 0 Å². The van der Waals surface area contributed by atoms with Gasteiger partial charge in [0.1, 0.15) is 5.76 Å². The van der Waals surface area contributed by atoms with Crippen LogP contribution in [0.15, 0.2) is 23.5 Å². The van der Waals surface area contributed by atoms with Gasteiger partial charge in [-0.15, -0.1) is 0 Å². The van der Waals surface area contributed by atoms with E-state index in [9.17, 15) is 4.79 Å². The molecular weight excluding hydrogens is 148 g/mol. The average Bonchev–Trinajstić information content (AvgIpc) is 2.32. The number of hydrogen-bond acceptors (Lipinski definition) is 4. The molecule has 0 unspecified atom stereocenters. The van der Waals surface area contributed by atoms with Crippen LogP contribution in [0.2, 0.25) is 0 Å². The number of hydrogen-bond donors (Lipinski definition) is 2. The Kier molecular flexibility index (Phi) is 2.40. The lowest BCUT2D eigenvalue weighted by Crippen LogP contribution is -2.01. The van der Waals surface area contributed by atoms with E-state index in [-0.39, 0.29) is 18.8 Å². The van der Waals surface area contributed by atoms with E-state index in [0.717, 1.165) is 0 Å². The van der Waals surface area contributed by atoms with Crippen LogP contribution in [0.4, 0.5) is 0 Å². The topological polar surface area (TPSA) is 66.8 Å². The number of esters is 1. The predicted octanol–water partition coefficient (Wildman–Crippen LogP) is -0.662. The molecule has 1 aliphatic heterocycles. The molecule has 1 heterocycles. The first-order valence-electron chi connectivity index (χ1n) is 3.12. The zero-order chi connectivity index (χ0) is 8.27. The molecule has 0 aromatic carbocycles. The van der Waals surface area contributed by atoms with E-state index in [0.29, 0.717) is 5.76 Å². The van der Waals surface area contributed by atoms with Crippen molar-refractivity contribution in [3.63, 3.8) is 0 Å². The molecule has 0 atom stereocenters. The van der Waals surface area contributed by atoms with Crippen molar-refractivity contribution < 1.29 is 19.7 Å². The summed E-state index contributed by atoms with van der Waals surface area (Å²) in [6.07, 6.45) is 2.75. The van der Waals surface area contributed by atoms with E-state index in [2.05, 4.69) is 4.74 Å². The van der Waals surface area contributed by atoms with Crippen molar-refractivity contribution in [3.05, 3.63) is 23.5 Å². The maximum absolute atomic E-state index is 10.7. The van der Waals surface area contributed by atoms with Crippen LogP contribution in [-0.4, -0.2) is 29.4 Å². The van der Waals surface area contributed by atoms with Crippen LogP contribution < -0.4 is 0 Å². The highest BCUT2D eigenvalue weighted by atomic mass is 16.5. The summed E-state index contributed by atoms with van der Waals surface area (Å²) in [5.41, 5.74) is 0.213. The van der Waals surface area contributed by atoms with Gasteiger partial charge in [0.05, 0.1) is 18.8 Å². The monoisotopic (exact) mass is 156 g/mol. The third-order valence-corrected chi connectivity index (χ3v) is 1.25. The van der Waals surface area contributed by atoms with Crippen molar-refractivity contribution in [2.45, 2.75) is 0 Å². The van der Waals surface area contributed by atoms with Gasteiger partial charge in [-0.3, -0.25) is 0 Å². The van der Waals surface area contributed by atoms with Crippen LogP contribution in [0.25, 0.3) is 0 Å². The largest absolute Gasteiger partial charge is 0.423 e. The number of rotatable bonds is 2. The lowest BCUT2D eigenvalue weighted by Gasteiger charge is -1.92. The fourth-order valence-electron chi connectivity index (χ4n) is 0.733. The Morgan fingerprint density at radius 3 is 2.73 bits per heavy atom. The summed E-state index contributed by atoms with van der Waals surface area (Å²) < 4.78 is 4.61. The van der Waals surface area contributed by atoms with E-state index in [1.807, 2.05) is 0 Å². The average molecular weight is 156 g/mol. The maximum atomic E-state index is 10.7. The molecule has 0 saturated carbocycles. The molecule has 0 aliphatic carbocycles. The van der Waals surface area contributed by atoms with Crippen LogP contribution in [0.1, 0.15) is 0 Å². The van der Waals surface area contributed by atoms with E-state index < -0.39 is 5.97 Å². The quantitative estimate of drug-likeness (QED) is 0.521.